The Bertz CT molecular complexity index is 1000. The van der Waals surface area contributed by atoms with E-state index in [0.29, 0.717) is 36.0 Å². The van der Waals surface area contributed by atoms with Crippen LogP contribution in [0.2, 0.25) is 0 Å². The molecule has 0 radical (unpaired) electrons. The molecule has 1 aromatic heterocycles. The minimum atomic E-state index is -0.381. The van der Waals surface area contributed by atoms with Gasteiger partial charge in [0, 0.05) is 42.0 Å². The van der Waals surface area contributed by atoms with E-state index in [4.69, 9.17) is 4.74 Å². The summed E-state index contributed by atoms with van der Waals surface area (Å²) in [7, 11) is 0. The van der Waals surface area contributed by atoms with Gasteiger partial charge in [0.05, 0.1) is 0 Å². The molecule has 0 aliphatic carbocycles. The lowest BCUT2D eigenvalue weighted by molar-refractivity contribution is 0.0943. The number of hydrogen-bond acceptors (Lipinski definition) is 5. The molecule has 3 rings (SSSR count). The third-order valence-corrected chi connectivity index (χ3v) is 5.06. The molecule has 0 unspecified atom stereocenters. The molecular weight excluding hydrogens is 405 g/mol. The number of carbonyl (C=O) groups is 2. The Hall–Kier alpha value is -3.10. The molecule has 6 nitrogen and oxygen atoms in total. The van der Waals surface area contributed by atoms with E-state index in [2.05, 4.69) is 15.6 Å². The number of hydrogen-bond donors (Lipinski definition) is 2. The molecule has 0 aliphatic heterocycles. The predicted octanol–water partition coefficient (Wildman–Crippen LogP) is 4.36. The minimum absolute atomic E-state index is 0.213. The maximum Gasteiger partial charge on any atom is 0.275 e. The van der Waals surface area contributed by atoms with Crippen LogP contribution in [0.15, 0.2) is 53.9 Å². The molecule has 2 amide bonds. The summed E-state index contributed by atoms with van der Waals surface area (Å²) in [6.45, 7) is 3.69. The first-order valence-electron chi connectivity index (χ1n) is 9.55. The van der Waals surface area contributed by atoms with Crippen molar-refractivity contribution in [3.8, 4) is 10.6 Å². The SMILES string of the molecule is CCOCCCNC(=O)c1cccc(NC(=O)c2csc(-c3ccc(F)cc3)n2)c1. The fourth-order valence-corrected chi connectivity index (χ4v) is 3.47. The zero-order chi connectivity index (χ0) is 21.3. The van der Waals surface area contributed by atoms with Gasteiger partial charge in [-0.1, -0.05) is 6.07 Å². The number of carbonyl (C=O) groups excluding carboxylic acids is 2. The summed E-state index contributed by atoms with van der Waals surface area (Å²) in [6, 6.07) is 12.6. The van der Waals surface area contributed by atoms with Gasteiger partial charge in [-0.15, -0.1) is 11.3 Å². The van der Waals surface area contributed by atoms with Gasteiger partial charge in [0.1, 0.15) is 16.5 Å². The van der Waals surface area contributed by atoms with Crippen LogP contribution in [0.25, 0.3) is 10.6 Å². The Morgan fingerprint density at radius 3 is 2.70 bits per heavy atom. The third-order valence-electron chi connectivity index (χ3n) is 4.17. The first-order valence-corrected chi connectivity index (χ1v) is 10.4. The van der Waals surface area contributed by atoms with E-state index in [1.54, 1.807) is 41.8 Å². The molecular formula is C22H22FN3O3S. The molecule has 3 aromatic rings. The second-order valence-corrected chi connectivity index (χ2v) is 7.24. The zero-order valence-corrected chi connectivity index (χ0v) is 17.3. The predicted molar refractivity (Wildman–Crippen MR) is 115 cm³/mol. The molecule has 30 heavy (non-hydrogen) atoms. The topological polar surface area (TPSA) is 80.3 Å². The van der Waals surface area contributed by atoms with Crippen molar-refractivity contribution in [1.29, 1.82) is 0 Å². The highest BCUT2D eigenvalue weighted by molar-refractivity contribution is 7.13. The van der Waals surface area contributed by atoms with Gasteiger partial charge in [-0.05, 0) is 55.8 Å². The van der Waals surface area contributed by atoms with Crippen molar-refractivity contribution in [2.24, 2.45) is 0 Å². The molecule has 0 fully saturated rings. The third kappa shape index (κ3) is 5.95. The Balaban J connectivity index is 1.60. The maximum atomic E-state index is 13.1. The van der Waals surface area contributed by atoms with Crippen molar-refractivity contribution in [3.63, 3.8) is 0 Å². The van der Waals surface area contributed by atoms with Gasteiger partial charge in [0.25, 0.3) is 11.8 Å². The summed E-state index contributed by atoms with van der Waals surface area (Å²) >= 11 is 1.30. The van der Waals surface area contributed by atoms with Crippen LogP contribution in [0.4, 0.5) is 10.1 Å². The molecule has 156 valence electrons. The number of ether oxygens (including phenoxy) is 1. The molecule has 1 heterocycles. The summed E-state index contributed by atoms with van der Waals surface area (Å²) < 4.78 is 18.3. The van der Waals surface area contributed by atoms with Crippen LogP contribution in [-0.2, 0) is 4.74 Å². The van der Waals surface area contributed by atoms with E-state index in [0.717, 1.165) is 12.0 Å². The van der Waals surface area contributed by atoms with E-state index >= 15 is 0 Å². The van der Waals surface area contributed by atoms with Crippen LogP contribution >= 0.6 is 11.3 Å². The highest BCUT2D eigenvalue weighted by Crippen LogP contribution is 2.24. The number of nitrogens with zero attached hydrogens (tertiary/aromatic N) is 1. The van der Waals surface area contributed by atoms with Crippen molar-refractivity contribution in [1.82, 2.24) is 10.3 Å². The lowest BCUT2D eigenvalue weighted by Gasteiger charge is -2.08. The number of benzene rings is 2. The first-order chi connectivity index (χ1) is 14.6. The van der Waals surface area contributed by atoms with Crippen LogP contribution in [0.3, 0.4) is 0 Å². The molecule has 0 aliphatic rings. The summed E-state index contributed by atoms with van der Waals surface area (Å²) in [5.74, 6) is -0.921. The van der Waals surface area contributed by atoms with Crippen molar-refractivity contribution >= 4 is 28.8 Å². The number of aromatic nitrogens is 1. The lowest BCUT2D eigenvalue weighted by atomic mass is 10.2. The van der Waals surface area contributed by atoms with Crippen LogP contribution in [0, 0.1) is 5.82 Å². The second-order valence-electron chi connectivity index (χ2n) is 6.39. The minimum Gasteiger partial charge on any atom is -0.382 e. The maximum absolute atomic E-state index is 13.1. The van der Waals surface area contributed by atoms with Crippen LogP contribution in [0.1, 0.15) is 34.2 Å². The average molecular weight is 428 g/mol. The van der Waals surface area contributed by atoms with Crippen molar-refractivity contribution in [2.75, 3.05) is 25.1 Å². The fraction of sp³-hybridized carbons (Fsp3) is 0.227. The summed E-state index contributed by atoms with van der Waals surface area (Å²) in [6.07, 6.45) is 0.732. The van der Waals surface area contributed by atoms with E-state index in [-0.39, 0.29) is 23.3 Å². The molecule has 0 atom stereocenters. The van der Waals surface area contributed by atoms with Crippen LogP contribution in [-0.4, -0.2) is 36.6 Å². The van der Waals surface area contributed by atoms with Crippen LogP contribution in [0.5, 0.6) is 0 Å². The summed E-state index contributed by atoms with van der Waals surface area (Å²) in [4.78, 5) is 29.1. The zero-order valence-electron chi connectivity index (χ0n) is 16.5. The number of rotatable bonds is 9. The molecule has 2 N–H and O–H groups in total. The van der Waals surface area contributed by atoms with Gasteiger partial charge in [0.2, 0.25) is 0 Å². The standard InChI is InChI=1S/C22H22FN3O3S/c1-2-29-12-4-11-24-20(27)16-5-3-6-18(13-16)25-21(28)19-14-30-22(26-19)15-7-9-17(23)10-8-15/h3,5-10,13-14H,2,4,11-12H2,1H3,(H,24,27)(H,25,28). The smallest absolute Gasteiger partial charge is 0.275 e. The van der Waals surface area contributed by atoms with E-state index in [1.807, 2.05) is 6.92 Å². The van der Waals surface area contributed by atoms with Crippen molar-refractivity contribution in [3.05, 3.63) is 71.0 Å². The molecule has 0 saturated heterocycles. The Kier molecular flexibility index (Phi) is 7.64. The number of thiazole rings is 1. The number of nitrogens with one attached hydrogen (secondary N) is 2. The van der Waals surface area contributed by atoms with Crippen molar-refractivity contribution in [2.45, 2.75) is 13.3 Å². The molecule has 0 saturated carbocycles. The highest BCUT2D eigenvalue weighted by atomic mass is 32.1. The second kappa shape index (κ2) is 10.6. The number of amides is 2. The fourth-order valence-electron chi connectivity index (χ4n) is 2.66. The number of anilines is 1. The van der Waals surface area contributed by atoms with Gasteiger partial charge in [-0.25, -0.2) is 9.37 Å². The van der Waals surface area contributed by atoms with Gasteiger partial charge in [0.15, 0.2) is 0 Å². The first kappa shape index (κ1) is 21.6. The summed E-state index contributed by atoms with van der Waals surface area (Å²) in [5, 5.41) is 7.85. The van der Waals surface area contributed by atoms with Gasteiger partial charge in [-0.2, -0.15) is 0 Å². The molecule has 2 aromatic carbocycles. The Labute approximate surface area is 178 Å². The molecule has 0 bridgehead atoms. The van der Waals surface area contributed by atoms with Crippen LogP contribution < -0.4 is 10.6 Å². The van der Waals surface area contributed by atoms with Gasteiger partial charge in [-0.3, -0.25) is 9.59 Å². The lowest BCUT2D eigenvalue weighted by Crippen LogP contribution is -2.25. The Morgan fingerprint density at radius 1 is 1.13 bits per heavy atom. The highest BCUT2D eigenvalue weighted by Gasteiger charge is 2.13. The van der Waals surface area contributed by atoms with Gasteiger partial charge >= 0.3 is 0 Å². The normalized spacial score (nSPS) is 10.6. The number of halogens is 1. The average Bonchev–Trinajstić information content (AvgIpc) is 3.24. The summed E-state index contributed by atoms with van der Waals surface area (Å²) in [5.41, 5.74) is 1.95. The molecule has 8 heteroatoms. The molecule has 0 spiro atoms. The largest absolute Gasteiger partial charge is 0.382 e. The monoisotopic (exact) mass is 427 g/mol. The van der Waals surface area contributed by atoms with E-state index in [9.17, 15) is 14.0 Å². The van der Waals surface area contributed by atoms with E-state index in [1.165, 1.54) is 23.5 Å². The van der Waals surface area contributed by atoms with Gasteiger partial charge < -0.3 is 15.4 Å². The quantitative estimate of drug-likeness (QED) is 0.497. The van der Waals surface area contributed by atoms with Crippen molar-refractivity contribution < 1.29 is 18.7 Å². The Morgan fingerprint density at radius 2 is 1.93 bits per heavy atom. The van der Waals surface area contributed by atoms with E-state index < -0.39 is 0 Å².